The Kier molecular flexibility index (Phi) is 5.15. The van der Waals surface area contributed by atoms with E-state index in [1.54, 1.807) is 4.90 Å². The first-order valence-corrected chi connectivity index (χ1v) is 7.11. The van der Waals surface area contributed by atoms with Gasteiger partial charge in [0.25, 0.3) is 0 Å². The van der Waals surface area contributed by atoms with Gasteiger partial charge in [-0.15, -0.1) is 0 Å². The van der Waals surface area contributed by atoms with Crippen molar-refractivity contribution in [2.24, 2.45) is 0 Å². The van der Waals surface area contributed by atoms with Crippen molar-refractivity contribution in [2.75, 3.05) is 59.4 Å². The number of nitrogens with one attached hydrogen (secondary N) is 1. The summed E-state index contributed by atoms with van der Waals surface area (Å²) in [7, 11) is 1.84. The Morgan fingerprint density at radius 1 is 1.21 bits per heavy atom. The predicted molar refractivity (Wildman–Crippen MR) is 72.8 cm³/mol. The topological polar surface area (TPSA) is 55.9 Å². The maximum Gasteiger partial charge on any atom is 0.236 e. The van der Waals surface area contributed by atoms with E-state index in [1.807, 2.05) is 11.9 Å². The molecule has 0 aromatic rings. The normalized spacial score (nSPS) is 22.5. The Bertz CT molecular complexity index is 329. The van der Waals surface area contributed by atoms with Crippen molar-refractivity contribution in [1.29, 1.82) is 0 Å². The lowest BCUT2D eigenvalue weighted by Gasteiger charge is -2.28. The zero-order valence-electron chi connectivity index (χ0n) is 11.7. The van der Waals surface area contributed by atoms with E-state index in [2.05, 4.69) is 10.2 Å². The second-order valence-corrected chi connectivity index (χ2v) is 5.33. The highest BCUT2D eigenvalue weighted by Gasteiger charge is 2.21. The van der Waals surface area contributed by atoms with Crippen molar-refractivity contribution in [3.63, 3.8) is 0 Å². The Balaban J connectivity index is 1.74. The summed E-state index contributed by atoms with van der Waals surface area (Å²) in [6, 6.07) is 0. The largest absolute Gasteiger partial charge is 0.345 e. The van der Waals surface area contributed by atoms with E-state index >= 15 is 0 Å². The Labute approximate surface area is 114 Å². The summed E-state index contributed by atoms with van der Waals surface area (Å²) in [5, 5.41) is 3.24. The van der Waals surface area contributed by atoms with Gasteiger partial charge in [-0.1, -0.05) is 0 Å². The van der Waals surface area contributed by atoms with Crippen molar-refractivity contribution in [1.82, 2.24) is 20.0 Å². The number of nitrogens with zero attached hydrogens (tertiary/aromatic N) is 3. The minimum atomic E-state index is 0.159. The molecule has 2 saturated heterocycles. The summed E-state index contributed by atoms with van der Waals surface area (Å²) in [4.78, 5) is 29.6. The Morgan fingerprint density at radius 2 is 1.95 bits per heavy atom. The van der Waals surface area contributed by atoms with Crippen LogP contribution < -0.4 is 5.32 Å². The van der Waals surface area contributed by atoms with Gasteiger partial charge in [0.05, 0.1) is 6.54 Å². The molecule has 0 unspecified atom stereocenters. The van der Waals surface area contributed by atoms with Crippen LogP contribution in [0.15, 0.2) is 0 Å². The molecule has 1 N–H and O–H groups in total. The molecule has 2 amide bonds. The second kappa shape index (κ2) is 6.86. The number of carbonyl (C=O) groups excluding carboxylic acids is 2. The monoisotopic (exact) mass is 268 g/mol. The lowest BCUT2D eigenvalue weighted by atomic mass is 10.3. The highest BCUT2D eigenvalue weighted by molar-refractivity contribution is 5.79. The third kappa shape index (κ3) is 4.18. The van der Waals surface area contributed by atoms with Gasteiger partial charge >= 0.3 is 0 Å². The average molecular weight is 268 g/mol. The van der Waals surface area contributed by atoms with Crippen molar-refractivity contribution in [3.8, 4) is 0 Å². The Hall–Kier alpha value is -1.14. The lowest BCUT2D eigenvalue weighted by molar-refractivity contribution is -0.133. The van der Waals surface area contributed by atoms with Crippen LogP contribution in [0.3, 0.4) is 0 Å². The summed E-state index contributed by atoms with van der Waals surface area (Å²) in [5.74, 6) is 0.374. The average Bonchev–Trinajstić information content (AvgIpc) is 2.59. The fourth-order valence-corrected chi connectivity index (χ4v) is 2.56. The van der Waals surface area contributed by atoms with Crippen LogP contribution >= 0.6 is 0 Å². The van der Waals surface area contributed by atoms with Gasteiger partial charge in [0.2, 0.25) is 11.8 Å². The number of amides is 2. The van der Waals surface area contributed by atoms with Crippen LogP contribution in [0.25, 0.3) is 0 Å². The van der Waals surface area contributed by atoms with Gasteiger partial charge in [-0.25, -0.2) is 0 Å². The summed E-state index contributed by atoms with van der Waals surface area (Å²) >= 11 is 0. The molecular weight excluding hydrogens is 244 g/mol. The SMILES string of the molecule is CN1CCCN(CCC(=O)N2CCNCC2)CC1=O. The molecule has 0 radical (unpaired) electrons. The lowest BCUT2D eigenvalue weighted by Crippen LogP contribution is -2.47. The first-order chi connectivity index (χ1) is 9.16. The van der Waals surface area contributed by atoms with Gasteiger partial charge in [0.15, 0.2) is 0 Å². The third-order valence-corrected chi connectivity index (χ3v) is 3.86. The molecule has 108 valence electrons. The smallest absolute Gasteiger partial charge is 0.236 e. The minimum absolute atomic E-state index is 0.159. The van der Waals surface area contributed by atoms with E-state index in [9.17, 15) is 9.59 Å². The highest BCUT2D eigenvalue weighted by Crippen LogP contribution is 2.05. The Morgan fingerprint density at radius 3 is 2.68 bits per heavy atom. The number of piperazine rings is 1. The predicted octanol–water partition coefficient (Wildman–Crippen LogP) is -1.03. The number of likely N-dealkylation sites (N-methyl/N-ethyl adjacent to an activating group) is 1. The molecule has 19 heavy (non-hydrogen) atoms. The van der Waals surface area contributed by atoms with Crippen LogP contribution in [0.1, 0.15) is 12.8 Å². The molecule has 6 nitrogen and oxygen atoms in total. The number of rotatable bonds is 3. The van der Waals surface area contributed by atoms with Crippen LogP contribution in [0.4, 0.5) is 0 Å². The molecule has 0 saturated carbocycles. The van der Waals surface area contributed by atoms with Crippen LogP contribution in [0.5, 0.6) is 0 Å². The minimum Gasteiger partial charge on any atom is -0.345 e. The van der Waals surface area contributed by atoms with Gasteiger partial charge in [0, 0.05) is 59.3 Å². The van der Waals surface area contributed by atoms with E-state index in [0.29, 0.717) is 19.5 Å². The third-order valence-electron chi connectivity index (χ3n) is 3.86. The zero-order valence-corrected chi connectivity index (χ0v) is 11.7. The fourth-order valence-electron chi connectivity index (χ4n) is 2.56. The molecule has 2 fully saturated rings. The van der Waals surface area contributed by atoms with Gasteiger partial charge in [-0.2, -0.15) is 0 Å². The van der Waals surface area contributed by atoms with Gasteiger partial charge in [0.1, 0.15) is 0 Å². The maximum absolute atomic E-state index is 12.0. The van der Waals surface area contributed by atoms with E-state index in [-0.39, 0.29) is 11.8 Å². The second-order valence-electron chi connectivity index (χ2n) is 5.33. The van der Waals surface area contributed by atoms with Crippen molar-refractivity contribution in [2.45, 2.75) is 12.8 Å². The maximum atomic E-state index is 12.0. The van der Waals surface area contributed by atoms with Gasteiger partial charge in [-0.05, 0) is 6.42 Å². The summed E-state index contributed by atoms with van der Waals surface area (Å²) in [5.41, 5.74) is 0. The van der Waals surface area contributed by atoms with Crippen molar-refractivity contribution in [3.05, 3.63) is 0 Å². The molecule has 0 atom stereocenters. The van der Waals surface area contributed by atoms with Crippen LogP contribution in [-0.2, 0) is 9.59 Å². The van der Waals surface area contributed by atoms with E-state index < -0.39 is 0 Å². The summed E-state index contributed by atoms with van der Waals surface area (Å²) in [6.45, 7) is 6.26. The molecule has 0 aromatic carbocycles. The number of hydrogen-bond acceptors (Lipinski definition) is 4. The first-order valence-electron chi connectivity index (χ1n) is 7.11. The summed E-state index contributed by atoms with van der Waals surface area (Å²) < 4.78 is 0. The molecule has 2 aliphatic heterocycles. The number of carbonyl (C=O) groups is 2. The fraction of sp³-hybridized carbons (Fsp3) is 0.846. The van der Waals surface area contributed by atoms with Crippen LogP contribution in [0, 0.1) is 0 Å². The summed E-state index contributed by atoms with van der Waals surface area (Å²) in [6.07, 6.45) is 1.51. The van der Waals surface area contributed by atoms with E-state index in [1.165, 1.54) is 0 Å². The molecule has 0 spiro atoms. The zero-order chi connectivity index (χ0) is 13.7. The van der Waals surface area contributed by atoms with Crippen molar-refractivity contribution >= 4 is 11.8 Å². The van der Waals surface area contributed by atoms with Crippen LogP contribution in [-0.4, -0.2) is 85.9 Å². The molecule has 2 heterocycles. The molecule has 0 aromatic heterocycles. The quantitative estimate of drug-likeness (QED) is 0.711. The standard InChI is InChI=1S/C13H24N4O2/c1-15-6-2-7-16(11-13(15)19)8-3-12(18)17-9-4-14-5-10-17/h14H,2-11H2,1H3. The molecule has 2 rings (SSSR count). The van der Waals surface area contributed by atoms with E-state index in [0.717, 1.165) is 45.7 Å². The first kappa shape index (κ1) is 14.3. The molecule has 0 bridgehead atoms. The van der Waals surface area contributed by atoms with Crippen LogP contribution in [0.2, 0.25) is 0 Å². The highest BCUT2D eigenvalue weighted by atomic mass is 16.2. The van der Waals surface area contributed by atoms with Gasteiger partial charge < -0.3 is 15.1 Å². The molecular formula is C13H24N4O2. The van der Waals surface area contributed by atoms with E-state index in [4.69, 9.17) is 0 Å². The van der Waals surface area contributed by atoms with Gasteiger partial charge in [-0.3, -0.25) is 14.5 Å². The van der Waals surface area contributed by atoms with Crippen molar-refractivity contribution < 1.29 is 9.59 Å². The number of hydrogen-bond donors (Lipinski definition) is 1. The molecule has 6 heteroatoms. The molecule has 0 aliphatic carbocycles. The molecule has 2 aliphatic rings.